The van der Waals surface area contributed by atoms with E-state index in [-0.39, 0.29) is 5.91 Å². The number of carbonyl (C=O) groups is 1. The van der Waals surface area contributed by atoms with Gasteiger partial charge in [0.25, 0.3) is 5.91 Å². The number of fused-ring (bicyclic) bond motifs is 3. The highest BCUT2D eigenvalue weighted by molar-refractivity contribution is 14.1. The Balaban J connectivity index is 1.85. The van der Waals surface area contributed by atoms with Gasteiger partial charge in [0, 0.05) is 32.9 Å². The number of anilines is 1. The fourth-order valence-corrected chi connectivity index (χ4v) is 3.23. The van der Waals surface area contributed by atoms with Crippen molar-refractivity contribution in [2.24, 2.45) is 0 Å². The highest BCUT2D eigenvalue weighted by atomic mass is 127. The molecule has 0 atom stereocenters. The number of hydrogen-bond donors (Lipinski definition) is 2. The summed E-state index contributed by atoms with van der Waals surface area (Å²) in [6.45, 7) is 0. The minimum Gasteiger partial charge on any atom is -0.352 e. The van der Waals surface area contributed by atoms with E-state index in [2.05, 4.69) is 48.9 Å². The Morgan fingerprint density at radius 3 is 2.78 bits per heavy atom. The van der Waals surface area contributed by atoms with Crippen LogP contribution in [0.2, 0.25) is 0 Å². The van der Waals surface area contributed by atoms with Crippen LogP contribution in [-0.4, -0.2) is 20.9 Å². The van der Waals surface area contributed by atoms with Crippen LogP contribution in [0.5, 0.6) is 0 Å². The van der Waals surface area contributed by atoms with E-state index in [1.165, 1.54) is 0 Å². The zero-order valence-corrected chi connectivity index (χ0v) is 14.0. The van der Waals surface area contributed by atoms with E-state index < -0.39 is 0 Å². The average molecular weight is 414 g/mol. The molecule has 0 aliphatic carbocycles. The molecule has 23 heavy (non-hydrogen) atoms. The van der Waals surface area contributed by atoms with Gasteiger partial charge in [0.05, 0.1) is 28.5 Å². The lowest BCUT2D eigenvalue weighted by atomic mass is 10.1. The van der Waals surface area contributed by atoms with Gasteiger partial charge in [0.15, 0.2) is 0 Å². The maximum Gasteiger partial charge on any atom is 0.257 e. The summed E-state index contributed by atoms with van der Waals surface area (Å²) in [6.07, 6.45) is 6.75. The Hall–Kier alpha value is -2.48. The first-order chi connectivity index (χ1) is 11.2. The summed E-state index contributed by atoms with van der Waals surface area (Å²) in [4.78, 5) is 23.9. The minimum atomic E-state index is -0.182. The van der Waals surface area contributed by atoms with Gasteiger partial charge in [-0.25, -0.2) is 0 Å². The number of amides is 1. The SMILES string of the molecule is O=C(Nc1cc(I)cc2c1[nH]c1cnccc12)c1cccnc1. The minimum absolute atomic E-state index is 0.182. The van der Waals surface area contributed by atoms with Crippen molar-refractivity contribution in [3.63, 3.8) is 0 Å². The van der Waals surface area contributed by atoms with Crippen LogP contribution >= 0.6 is 22.6 Å². The molecule has 4 rings (SSSR count). The smallest absolute Gasteiger partial charge is 0.257 e. The van der Waals surface area contributed by atoms with E-state index in [4.69, 9.17) is 0 Å². The number of rotatable bonds is 2. The van der Waals surface area contributed by atoms with Crippen molar-refractivity contribution in [1.29, 1.82) is 0 Å². The van der Waals surface area contributed by atoms with Crippen LogP contribution in [0.15, 0.2) is 55.1 Å². The Morgan fingerprint density at radius 2 is 1.96 bits per heavy atom. The molecule has 6 heteroatoms. The fourth-order valence-electron chi connectivity index (χ4n) is 2.61. The van der Waals surface area contributed by atoms with Crippen molar-refractivity contribution in [3.8, 4) is 0 Å². The summed E-state index contributed by atoms with van der Waals surface area (Å²) in [6, 6.07) is 9.49. The van der Waals surface area contributed by atoms with Crippen LogP contribution in [0.3, 0.4) is 0 Å². The van der Waals surface area contributed by atoms with Crippen LogP contribution in [0.4, 0.5) is 5.69 Å². The molecule has 3 aromatic heterocycles. The molecule has 0 saturated heterocycles. The number of aromatic amines is 1. The predicted octanol–water partition coefficient (Wildman–Crippen LogP) is 3.97. The normalized spacial score (nSPS) is 11.0. The molecule has 2 N–H and O–H groups in total. The van der Waals surface area contributed by atoms with Gasteiger partial charge in [-0.3, -0.25) is 14.8 Å². The van der Waals surface area contributed by atoms with Crippen LogP contribution in [0.1, 0.15) is 10.4 Å². The molecule has 1 aromatic carbocycles. The summed E-state index contributed by atoms with van der Waals surface area (Å²) in [5.41, 5.74) is 3.11. The summed E-state index contributed by atoms with van der Waals surface area (Å²) in [5.74, 6) is -0.182. The number of halogens is 1. The predicted molar refractivity (Wildman–Crippen MR) is 98.5 cm³/mol. The van der Waals surface area contributed by atoms with Gasteiger partial charge in [-0.05, 0) is 52.9 Å². The summed E-state index contributed by atoms with van der Waals surface area (Å²) in [7, 11) is 0. The molecular weight excluding hydrogens is 403 g/mol. The number of nitrogens with one attached hydrogen (secondary N) is 2. The molecule has 0 aliphatic heterocycles. The third kappa shape index (κ3) is 2.55. The van der Waals surface area contributed by atoms with Gasteiger partial charge in [0.1, 0.15) is 0 Å². The van der Waals surface area contributed by atoms with E-state index in [0.29, 0.717) is 5.56 Å². The average Bonchev–Trinajstić information content (AvgIpc) is 2.94. The standard InChI is InChI=1S/C17H11IN4O/c18-11-6-13-12-3-5-20-9-15(12)21-16(13)14(7-11)22-17(23)10-2-1-4-19-8-10/h1-9,21H,(H,22,23). The van der Waals surface area contributed by atoms with E-state index in [1.807, 2.05) is 12.1 Å². The second kappa shape index (κ2) is 5.62. The maximum atomic E-state index is 12.4. The van der Waals surface area contributed by atoms with Crippen molar-refractivity contribution < 1.29 is 4.79 Å². The van der Waals surface area contributed by atoms with Gasteiger partial charge in [-0.15, -0.1) is 0 Å². The van der Waals surface area contributed by atoms with Crippen LogP contribution in [0, 0.1) is 3.57 Å². The van der Waals surface area contributed by atoms with Crippen molar-refractivity contribution >= 4 is 56.0 Å². The molecular formula is C17H11IN4O. The van der Waals surface area contributed by atoms with Gasteiger partial charge in [0.2, 0.25) is 0 Å². The van der Waals surface area contributed by atoms with Crippen LogP contribution in [-0.2, 0) is 0 Å². The van der Waals surface area contributed by atoms with Crippen molar-refractivity contribution in [2.45, 2.75) is 0 Å². The van der Waals surface area contributed by atoms with Gasteiger partial charge in [-0.1, -0.05) is 0 Å². The van der Waals surface area contributed by atoms with Crippen LogP contribution < -0.4 is 5.32 Å². The van der Waals surface area contributed by atoms with Crippen LogP contribution in [0.25, 0.3) is 21.8 Å². The number of pyridine rings is 2. The van der Waals surface area contributed by atoms with E-state index in [1.54, 1.807) is 36.9 Å². The first-order valence-corrected chi connectivity index (χ1v) is 8.06. The summed E-state index contributed by atoms with van der Waals surface area (Å²) in [5, 5.41) is 5.12. The highest BCUT2D eigenvalue weighted by Crippen LogP contribution is 2.32. The summed E-state index contributed by atoms with van der Waals surface area (Å²) < 4.78 is 1.05. The monoisotopic (exact) mass is 414 g/mol. The molecule has 0 fully saturated rings. The van der Waals surface area contributed by atoms with E-state index >= 15 is 0 Å². The third-order valence-electron chi connectivity index (χ3n) is 3.65. The maximum absolute atomic E-state index is 12.4. The van der Waals surface area contributed by atoms with Gasteiger partial charge in [-0.2, -0.15) is 0 Å². The van der Waals surface area contributed by atoms with Gasteiger partial charge < -0.3 is 10.3 Å². The quantitative estimate of drug-likeness (QED) is 0.488. The Bertz CT molecular complexity index is 1030. The number of nitrogens with zero attached hydrogens (tertiary/aromatic N) is 2. The molecule has 4 aromatic rings. The molecule has 0 radical (unpaired) electrons. The molecule has 0 saturated carbocycles. The molecule has 0 bridgehead atoms. The molecule has 0 unspecified atom stereocenters. The molecule has 0 aliphatic rings. The number of H-pyrrole nitrogens is 1. The zero-order chi connectivity index (χ0) is 15.8. The number of carbonyl (C=O) groups excluding carboxylic acids is 1. The van der Waals surface area contributed by atoms with Crippen molar-refractivity contribution in [2.75, 3.05) is 5.32 Å². The molecule has 112 valence electrons. The third-order valence-corrected chi connectivity index (χ3v) is 4.27. The van der Waals surface area contributed by atoms with E-state index in [0.717, 1.165) is 31.1 Å². The molecule has 0 spiro atoms. The molecule has 5 nitrogen and oxygen atoms in total. The van der Waals surface area contributed by atoms with Gasteiger partial charge >= 0.3 is 0 Å². The van der Waals surface area contributed by atoms with Crippen molar-refractivity contribution in [3.05, 3.63) is 64.3 Å². The fraction of sp³-hybridized carbons (Fsp3) is 0. The Kier molecular flexibility index (Phi) is 3.45. The topological polar surface area (TPSA) is 70.7 Å². The zero-order valence-electron chi connectivity index (χ0n) is 11.9. The first kappa shape index (κ1) is 14.1. The second-order valence-electron chi connectivity index (χ2n) is 5.12. The lowest BCUT2D eigenvalue weighted by Gasteiger charge is -2.07. The lowest BCUT2D eigenvalue weighted by molar-refractivity contribution is 0.102. The number of hydrogen-bond acceptors (Lipinski definition) is 3. The molecule has 1 amide bonds. The largest absolute Gasteiger partial charge is 0.352 e. The highest BCUT2D eigenvalue weighted by Gasteiger charge is 2.13. The second-order valence-corrected chi connectivity index (χ2v) is 6.36. The van der Waals surface area contributed by atoms with E-state index in [9.17, 15) is 4.79 Å². The molecule has 3 heterocycles. The Morgan fingerprint density at radius 1 is 1.09 bits per heavy atom. The number of benzene rings is 1. The van der Waals surface area contributed by atoms with Crippen molar-refractivity contribution in [1.82, 2.24) is 15.0 Å². The first-order valence-electron chi connectivity index (χ1n) is 6.99. The Labute approximate surface area is 145 Å². The summed E-state index contributed by atoms with van der Waals surface area (Å²) >= 11 is 2.25. The number of aromatic nitrogens is 3. The lowest BCUT2D eigenvalue weighted by Crippen LogP contribution is -2.12.